The van der Waals surface area contributed by atoms with Gasteiger partial charge in [0.05, 0.1) is 39.1 Å². The molecule has 2 saturated carbocycles. The van der Waals surface area contributed by atoms with Crippen molar-refractivity contribution < 1.29 is 36.7 Å². The molecule has 3 N–H and O–H groups in total. The fourth-order valence-corrected chi connectivity index (χ4v) is 8.65. The first-order valence-corrected chi connectivity index (χ1v) is 13.6. The number of carbonyl (C=O) groups excluding carboxylic acids is 2. The van der Waals surface area contributed by atoms with Crippen molar-refractivity contribution in [3.63, 3.8) is 0 Å². The first kappa shape index (κ1) is 26.8. The van der Waals surface area contributed by atoms with Gasteiger partial charge in [-0.15, -0.1) is 0 Å². The van der Waals surface area contributed by atoms with Crippen LogP contribution in [0.1, 0.15) is 25.7 Å². The van der Waals surface area contributed by atoms with Gasteiger partial charge in [-0.3, -0.25) is 14.4 Å². The topological polar surface area (TPSA) is 159 Å². The maximum Gasteiger partial charge on any atom is 0.310 e. The average Bonchev–Trinajstić information content (AvgIpc) is 3.22. The summed E-state index contributed by atoms with van der Waals surface area (Å²) < 4.78 is 55.4. The lowest BCUT2D eigenvalue weighted by atomic mass is 9.70. The van der Waals surface area contributed by atoms with Gasteiger partial charge in [-0.1, -0.05) is 27.5 Å². The molecule has 5 atom stereocenters. The van der Waals surface area contributed by atoms with Crippen LogP contribution < -0.4 is 5.73 Å². The number of likely N-dealkylation sites (tertiary alicyclic amines) is 1. The van der Waals surface area contributed by atoms with Crippen molar-refractivity contribution in [2.45, 2.75) is 41.8 Å². The zero-order valence-electron chi connectivity index (χ0n) is 18.6. The summed E-state index contributed by atoms with van der Waals surface area (Å²) in [6.07, 6.45) is -2.01. The minimum Gasteiger partial charge on any atom is -0.481 e. The van der Waals surface area contributed by atoms with Gasteiger partial charge < -0.3 is 15.7 Å². The van der Waals surface area contributed by atoms with Crippen LogP contribution in [-0.4, -0.2) is 60.5 Å². The summed E-state index contributed by atoms with van der Waals surface area (Å²) in [6.45, 7) is -1.27. The second-order valence-electron chi connectivity index (χ2n) is 9.65. The fraction of sp³-hybridized carbons (Fsp3) is 0.545. The van der Waals surface area contributed by atoms with Crippen LogP contribution in [0.5, 0.6) is 0 Å². The fourth-order valence-electron chi connectivity index (χ4n) is 5.77. The van der Waals surface area contributed by atoms with Gasteiger partial charge in [-0.2, -0.15) is 5.26 Å². The lowest BCUT2D eigenvalue weighted by Crippen LogP contribution is -2.48. The molecule has 0 radical (unpaired) electrons. The number of halogens is 4. The molecule has 1 saturated heterocycles. The van der Waals surface area contributed by atoms with Crippen molar-refractivity contribution >= 4 is 55.2 Å². The molecule has 0 bridgehead atoms. The van der Waals surface area contributed by atoms with Crippen molar-refractivity contribution in [3.8, 4) is 6.07 Å². The number of carboxylic acids is 1. The molecule has 194 valence electrons. The van der Waals surface area contributed by atoms with Gasteiger partial charge >= 0.3 is 5.97 Å². The van der Waals surface area contributed by atoms with Crippen LogP contribution in [0, 0.1) is 34.0 Å². The highest BCUT2D eigenvalue weighted by Crippen LogP contribution is 2.68. The van der Waals surface area contributed by atoms with Crippen molar-refractivity contribution in [2.24, 2.45) is 28.4 Å². The third-order valence-corrected chi connectivity index (χ3v) is 10.8. The molecule has 3 aliphatic rings. The molecule has 9 nitrogen and oxygen atoms in total. The molecule has 1 aromatic carbocycles. The number of aliphatic carboxylic acids is 1. The number of hydrogen-bond donors (Lipinski definition) is 2. The molecule has 0 aromatic heterocycles. The normalized spacial score (nSPS) is 33.2. The van der Waals surface area contributed by atoms with E-state index in [0.29, 0.717) is 4.47 Å². The number of carbonyl (C=O) groups is 3. The number of amides is 2. The van der Waals surface area contributed by atoms with Crippen LogP contribution in [0.15, 0.2) is 27.6 Å². The van der Waals surface area contributed by atoms with E-state index < -0.39 is 87.3 Å². The number of nitrogens with two attached hydrogens (primary N) is 1. The highest BCUT2D eigenvalue weighted by atomic mass is 79.9. The molecule has 1 aromatic rings. The van der Waals surface area contributed by atoms with Crippen LogP contribution in [0.4, 0.5) is 8.78 Å². The quantitative estimate of drug-likeness (QED) is 0.502. The molecule has 1 heterocycles. The van der Waals surface area contributed by atoms with Gasteiger partial charge in [-0.25, -0.2) is 17.2 Å². The Morgan fingerprint density at radius 3 is 2.42 bits per heavy atom. The van der Waals surface area contributed by atoms with Crippen molar-refractivity contribution in [2.75, 3.05) is 13.1 Å². The number of benzene rings is 1. The standard InChI is InChI=1S/C22H21BrClF2N3O6S/c23-11-1-2-15(14(24)5-11)36(34,35)12-6-13(17(30)29-4-3-21(25,26)10-29)22(7-12,19(32)33)16-8-20(16,9-27)18(28)31/h1-2,5,12-13,16H,3-4,6-8,10H2,(H2,28,31)(H,32,33)/t12-,13+,16?,20?,22+/m1/s1. The molecule has 2 aliphatic carbocycles. The molecule has 2 unspecified atom stereocenters. The molecule has 2 amide bonds. The monoisotopic (exact) mass is 607 g/mol. The summed E-state index contributed by atoms with van der Waals surface area (Å²) in [4.78, 5) is 38.9. The van der Waals surface area contributed by atoms with Gasteiger partial charge in [0, 0.05) is 23.4 Å². The smallest absolute Gasteiger partial charge is 0.310 e. The number of hydrogen-bond acceptors (Lipinski definition) is 6. The molecular formula is C22H21BrClF2N3O6S. The predicted molar refractivity (Wildman–Crippen MR) is 124 cm³/mol. The van der Waals surface area contributed by atoms with E-state index in [0.717, 1.165) is 4.90 Å². The summed E-state index contributed by atoms with van der Waals surface area (Å²) in [7, 11) is -4.31. The molecule has 0 spiro atoms. The van der Waals surface area contributed by atoms with E-state index in [-0.39, 0.29) is 22.9 Å². The Hall–Kier alpha value is -2.30. The first-order valence-electron chi connectivity index (χ1n) is 10.9. The number of alkyl halides is 2. The zero-order chi connectivity index (χ0) is 26.8. The van der Waals surface area contributed by atoms with Crippen molar-refractivity contribution in [1.29, 1.82) is 5.26 Å². The Labute approximate surface area is 218 Å². The summed E-state index contributed by atoms with van der Waals surface area (Å²) in [5.74, 6) is -9.62. The maximum atomic E-state index is 13.9. The number of primary amides is 1. The van der Waals surface area contributed by atoms with E-state index >= 15 is 0 Å². The number of sulfone groups is 1. The van der Waals surface area contributed by atoms with Crippen LogP contribution in [0.2, 0.25) is 5.02 Å². The third kappa shape index (κ3) is 3.97. The van der Waals surface area contributed by atoms with Crippen molar-refractivity contribution in [3.05, 3.63) is 27.7 Å². The Morgan fingerprint density at radius 2 is 1.94 bits per heavy atom. The van der Waals surface area contributed by atoms with Gasteiger partial charge in [0.2, 0.25) is 11.8 Å². The molecule has 1 aliphatic heterocycles. The Balaban J connectivity index is 1.81. The summed E-state index contributed by atoms with van der Waals surface area (Å²) in [5, 5.41) is 18.5. The minimum absolute atomic E-state index is 0.130. The Bertz CT molecular complexity index is 1320. The van der Waals surface area contributed by atoms with Crippen LogP contribution in [0.25, 0.3) is 0 Å². The van der Waals surface area contributed by atoms with Crippen molar-refractivity contribution in [1.82, 2.24) is 4.90 Å². The largest absolute Gasteiger partial charge is 0.481 e. The van der Waals surface area contributed by atoms with E-state index in [2.05, 4.69) is 15.9 Å². The molecule has 3 fully saturated rings. The van der Waals surface area contributed by atoms with E-state index in [9.17, 15) is 42.0 Å². The van der Waals surface area contributed by atoms with Crippen LogP contribution in [0.3, 0.4) is 0 Å². The second kappa shape index (κ2) is 8.63. The molecular weight excluding hydrogens is 588 g/mol. The highest BCUT2D eigenvalue weighted by Gasteiger charge is 2.76. The number of nitrogens with zero attached hydrogens (tertiary/aromatic N) is 2. The van der Waals surface area contributed by atoms with E-state index in [4.69, 9.17) is 17.3 Å². The van der Waals surface area contributed by atoms with E-state index in [1.807, 2.05) is 0 Å². The van der Waals surface area contributed by atoms with Crippen LogP contribution >= 0.6 is 27.5 Å². The number of carboxylic acid groups (broad SMARTS) is 1. The Morgan fingerprint density at radius 1 is 1.28 bits per heavy atom. The van der Waals surface area contributed by atoms with Gasteiger partial charge in [-0.05, 0) is 37.5 Å². The minimum atomic E-state index is -4.31. The van der Waals surface area contributed by atoms with Crippen LogP contribution in [-0.2, 0) is 24.2 Å². The zero-order valence-corrected chi connectivity index (χ0v) is 21.7. The third-order valence-electron chi connectivity index (χ3n) is 7.72. The lowest BCUT2D eigenvalue weighted by molar-refractivity contribution is -0.160. The van der Waals surface area contributed by atoms with Gasteiger partial charge in [0.15, 0.2) is 9.84 Å². The van der Waals surface area contributed by atoms with E-state index in [1.54, 1.807) is 6.07 Å². The Kier molecular flexibility index (Phi) is 6.41. The van der Waals surface area contributed by atoms with E-state index in [1.165, 1.54) is 18.2 Å². The molecule has 36 heavy (non-hydrogen) atoms. The SMILES string of the molecule is N#CC1(C(N)=O)CC1[C@]1(C(=O)O)C[C@H](S(=O)(=O)c2ccc(Br)cc2Cl)C[C@H]1C(=O)N1CCC(F)(F)C1. The lowest BCUT2D eigenvalue weighted by Gasteiger charge is -2.34. The summed E-state index contributed by atoms with van der Waals surface area (Å²) in [6, 6.07) is 5.76. The van der Waals surface area contributed by atoms with Gasteiger partial charge in [0.25, 0.3) is 5.92 Å². The average molecular weight is 609 g/mol. The second-order valence-corrected chi connectivity index (χ2v) is 13.2. The summed E-state index contributed by atoms with van der Waals surface area (Å²) >= 11 is 9.33. The highest BCUT2D eigenvalue weighted by molar-refractivity contribution is 9.10. The number of rotatable bonds is 6. The molecule has 14 heteroatoms. The summed E-state index contributed by atoms with van der Waals surface area (Å²) in [5.41, 5.74) is 1.31. The number of nitriles is 1. The van der Waals surface area contributed by atoms with Gasteiger partial charge in [0.1, 0.15) is 5.41 Å². The maximum absolute atomic E-state index is 13.9. The molecule has 4 rings (SSSR count). The predicted octanol–water partition coefficient (Wildman–Crippen LogP) is 2.61. The first-order chi connectivity index (χ1) is 16.6.